The maximum atomic E-state index is 10.5. The van der Waals surface area contributed by atoms with Crippen LogP contribution in [0.3, 0.4) is 0 Å². The van der Waals surface area contributed by atoms with Gasteiger partial charge in [-0.3, -0.25) is 9.87 Å². The van der Waals surface area contributed by atoms with Crippen LogP contribution in [0.1, 0.15) is 0 Å². The summed E-state index contributed by atoms with van der Waals surface area (Å²) in [6.07, 6.45) is 2.60. The first-order valence-corrected chi connectivity index (χ1v) is 4.46. The van der Waals surface area contributed by atoms with Crippen molar-refractivity contribution in [2.75, 3.05) is 6.54 Å². The van der Waals surface area contributed by atoms with E-state index in [-0.39, 0.29) is 0 Å². The van der Waals surface area contributed by atoms with Crippen molar-refractivity contribution in [1.82, 2.24) is 5.32 Å². The van der Waals surface area contributed by atoms with Gasteiger partial charge < -0.3 is 0 Å². The van der Waals surface area contributed by atoms with Gasteiger partial charge in [0.1, 0.15) is 0 Å². The molecule has 0 aliphatic rings. The summed E-state index contributed by atoms with van der Waals surface area (Å²) in [6.45, 7) is 6.92. The van der Waals surface area contributed by atoms with Crippen molar-refractivity contribution in [1.29, 1.82) is 0 Å². The lowest BCUT2D eigenvalue weighted by atomic mass is 10.5. The molecule has 11 heavy (non-hydrogen) atoms. The maximum Gasteiger partial charge on any atom is 0.284 e. The maximum absolute atomic E-state index is 10.5. The van der Waals surface area contributed by atoms with Crippen LogP contribution in [0.5, 0.6) is 0 Å². The van der Waals surface area contributed by atoms with E-state index in [1.165, 1.54) is 6.08 Å². The van der Waals surface area contributed by atoms with E-state index in [0.717, 1.165) is 6.08 Å². The molecule has 0 aromatic heterocycles. The fourth-order valence-corrected chi connectivity index (χ4v) is 1.06. The summed E-state index contributed by atoms with van der Waals surface area (Å²) in [5.74, 6) is 0. The topological polar surface area (TPSA) is 66.4 Å². The second kappa shape index (κ2) is 4.27. The minimum atomic E-state index is -4.06. The zero-order valence-corrected chi connectivity index (χ0v) is 6.84. The van der Waals surface area contributed by atoms with Gasteiger partial charge in [-0.05, 0) is 0 Å². The van der Waals surface area contributed by atoms with Crippen LogP contribution in [0.4, 0.5) is 0 Å². The molecule has 0 bridgehead atoms. The van der Waals surface area contributed by atoms with Crippen molar-refractivity contribution in [2.24, 2.45) is 0 Å². The summed E-state index contributed by atoms with van der Waals surface area (Å²) in [7, 11) is -4.06. The molecule has 0 radical (unpaired) electrons. The van der Waals surface area contributed by atoms with Crippen LogP contribution < -0.4 is 5.32 Å². The van der Waals surface area contributed by atoms with Crippen LogP contribution >= 0.6 is 0 Å². The highest BCUT2D eigenvalue weighted by atomic mass is 32.2. The molecule has 0 saturated carbocycles. The highest BCUT2D eigenvalue weighted by molar-refractivity contribution is 7.86. The highest BCUT2D eigenvalue weighted by Crippen LogP contribution is 1.94. The third-order valence-corrected chi connectivity index (χ3v) is 2.00. The molecule has 1 unspecified atom stereocenters. The Hall–Kier alpha value is -0.650. The smallest absolute Gasteiger partial charge is 0.284 e. The minimum Gasteiger partial charge on any atom is -0.292 e. The van der Waals surface area contributed by atoms with Crippen LogP contribution in [-0.2, 0) is 10.1 Å². The third kappa shape index (κ3) is 3.92. The molecule has 4 nitrogen and oxygen atoms in total. The van der Waals surface area contributed by atoms with Crippen molar-refractivity contribution >= 4 is 10.1 Å². The van der Waals surface area contributed by atoms with Crippen molar-refractivity contribution in [2.45, 2.75) is 5.37 Å². The van der Waals surface area contributed by atoms with Gasteiger partial charge in [0.15, 0.2) is 5.37 Å². The Morgan fingerprint density at radius 1 is 1.55 bits per heavy atom. The summed E-state index contributed by atoms with van der Waals surface area (Å²) < 4.78 is 29.4. The van der Waals surface area contributed by atoms with Gasteiger partial charge >= 0.3 is 0 Å². The molecule has 1 atom stereocenters. The summed E-state index contributed by atoms with van der Waals surface area (Å²) in [4.78, 5) is 0. The Kier molecular flexibility index (Phi) is 4.02. The Morgan fingerprint density at radius 3 is 2.36 bits per heavy atom. The number of rotatable bonds is 5. The van der Waals surface area contributed by atoms with Crippen molar-refractivity contribution in [3.63, 3.8) is 0 Å². The molecule has 5 heteroatoms. The minimum absolute atomic E-state index is 0.302. The standard InChI is InChI=1S/C6H11NO3S/c1-3-5-7-6(4-2)11(8,9)10/h3-4,6-7H,1-2,5H2,(H,8,9,10). The predicted molar refractivity (Wildman–Crippen MR) is 43.7 cm³/mol. The fourth-order valence-electron chi connectivity index (χ4n) is 0.510. The zero-order valence-electron chi connectivity index (χ0n) is 6.03. The Balaban J connectivity index is 4.18. The van der Waals surface area contributed by atoms with Gasteiger partial charge in [-0.25, -0.2) is 0 Å². The van der Waals surface area contributed by atoms with E-state index in [2.05, 4.69) is 18.5 Å². The third-order valence-electron chi connectivity index (χ3n) is 0.998. The fraction of sp³-hybridized carbons (Fsp3) is 0.333. The van der Waals surface area contributed by atoms with Gasteiger partial charge in [0.05, 0.1) is 0 Å². The summed E-state index contributed by atoms with van der Waals surface area (Å²) in [6, 6.07) is 0. The molecule has 2 N–H and O–H groups in total. The molecule has 0 spiro atoms. The van der Waals surface area contributed by atoms with E-state index in [4.69, 9.17) is 4.55 Å². The lowest BCUT2D eigenvalue weighted by molar-refractivity contribution is 0.466. The van der Waals surface area contributed by atoms with E-state index in [1.54, 1.807) is 0 Å². The molecule has 0 aromatic carbocycles. The average Bonchev–Trinajstić information content (AvgIpc) is 1.87. The van der Waals surface area contributed by atoms with Crippen LogP contribution in [0.2, 0.25) is 0 Å². The van der Waals surface area contributed by atoms with Crippen molar-refractivity contribution < 1.29 is 13.0 Å². The van der Waals surface area contributed by atoms with E-state index in [1.807, 2.05) is 0 Å². The van der Waals surface area contributed by atoms with E-state index >= 15 is 0 Å². The Morgan fingerprint density at radius 2 is 2.09 bits per heavy atom. The Bertz CT molecular complexity index is 232. The number of hydrogen-bond acceptors (Lipinski definition) is 3. The second-order valence-corrected chi connectivity index (χ2v) is 3.41. The van der Waals surface area contributed by atoms with E-state index in [0.29, 0.717) is 6.54 Å². The van der Waals surface area contributed by atoms with Gasteiger partial charge in [-0.2, -0.15) is 8.42 Å². The summed E-state index contributed by atoms with van der Waals surface area (Å²) in [5, 5.41) is 1.37. The molecule has 0 aliphatic heterocycles. The average molecular weight is 177 g/mol. The van der Waals surface area contributed by atoms with Gasteiger partial charge in [-0.15, -0.1) is 13.2 Å². The second-order valence-electron chi connectivity index (χ2n) is 1.87. The predicted octanol–water partition coefficient (Wildman–Crippen LogP) is 0.162. The molecule has 0 heterocycles. The lowest BCUT2D eigenvalue weighted by Crippen LogP contribution is -2.34. The van der Waals surface area contributed by atoms with E-state index in [9.17, 15) is 8.42 Å². The monoisotopic (exact) mass is 177 g/mol. The molecular weight excluding hydrogens is 166 g/mol. The molecule has 0 aromatic rings. The van der Waals surface area contributed by atoms with Crippen LogP contribution in [0.15, 0.2) is 25.3 Å². The quantitative estimate of drug-likeness (QED) is 0.464. The molecule has 0 fully saturated rings. The van der Waals surface area contributed by atoms with Crippen molar-refractivity contribution in [3.05, 3.63) is 25.3 Å². The van der Waals surface area contributed by atoms with Gasteiger partial charge in [0, 0.05) is 6.54 Å². The summed E-state index contributed by atoms with van der Waals surface area (Å²) >= 11 is 0. The van der Waals surface area contributed by atoms with Crippen molar-refractivity contribution in [3.8, 4) is 0 Å². The van der Waals surface area contributed by atoms with Gasteiger partial charge in [-0.1, -0.05) is 12.2 Å². The van der Waals surface area contributed by atoms with E-state index < -0.39 is 15.5 Å². The van der Waals surface area contributed by atoms with Crippen LogP contribution in [-0.4, -0.2) is 24.9 Å². The first-order valence-electron chi connectivity index (χ1n) is 2.95. The van der Waals surface area contributed by atoms with Crippen LogP contribution in [0, 0.1) is 0 Å². The number of nitrogens with one attached hydrogen (secondary N) is 1. The molecule has 0 saturated heterocycles. The van der Waals surface area contributed by atoms with Gasteiger partial charge in [0.2, 0.25) is 0 Å². The molecule has 64 valence electrons. The summed E-state index contributed by atoms with van der Waals surface area (Å²) in [5.41, 5.74) is 0. The molecule has 0 aliphatic carbocycles. The first-order chi connectivity index (χ1) is 5.02. The molecule has 0 amide bonds. The SMILES string of the molecule is C=CCNC(C=C)S(=O)(=O)O. The molecule has 0 rings (SSSR count). The Labute approximate surface area is 66.4 Å². The molecular formula is C6H11NO3S. The van der Waals surface area contributed by atoms with Crippen LogP contribution in [0.25, 0.3) is 0 Å². The number of hydrogen-bond donors (Lipinski definition) is 2. The highest BCUT2D eigenvalue weighted by Gasteiger charge is 2.16. The largest absolute Gasteiger partial charge is 0.292 e. The lowest BCUT2D eigenvalue weighted by Gasteiger charge is -2.08. The van der Waals surface area contributed by atoms with Gasteiger partial charge in [0.25, 0.3) is 10.1 Å². The zero-order chi connectivity index (χ0) is 8.91. The first kappa shape index (κ1) is 10.3. The normalized spacial score (nSPS) is 13.9.